The zero-order valence-electron chi connectivity index (χ0n) is 17.9. The molecule has 26 heavy (non-hydrogen) atoms. The molecular weight excluding hydrogens is 316 g/mol. The van der Waals surface area contributed by atoms with Crippen molar-refractivity contribution in [1.82, 2.24) is 0 Å². The van der Waals surface area contributed by atoms with E-state index in [2.05, 4.69) is 26.8 Å². The van der Waals surface area contributed by atoms with E-state index in [-0.39, 0.29) is 0 Å². The molecule has 1 aromatic rings. The normalized spacial score (nSPS) is 11.2. The fourth-order valence-electron chi connectivity index (χ4n) is 3.91. The Balaban J connectivity index is 2.37. The number of benzene rings is 1. The van der Waals surface area contributed by atoms with Crippen molar-refractivity contribution in [2.45, 2.75) is 124 Å². The first-order chi connectivity index (χ1) is 12.7. The molecule has 1 N–H and O–H groups in total. The van der Waals surface area contributed by atoms with Crippen molar-refractivity contribution >= 4 is 0 Å². The molecule has 0 radical (unpaired) electrons. The number of hydrogen-bond donors (Lipinski definition) is 1. The van der Waals surface area contributed by atoms with Crippen molar-refractivity contribution in [3.05, 3.63) is 28.8 Å². The molecule has 0 atom stereocenters. The molecule has 0 bridgehead atoms. The third-order valence-electron chi connectivity index (χ3n) is 5.75. The molecule has 0 aliphatic heterocycles. The molecule has 0 heterocycles. The number of phenolic OH excluding ortho intramolecular Hbond substituents is 1. The summed E-state index contributed by atoms with van der Waals surface area (Å²) in [4.78, 5) is 0. The minimum Gasteiger partial charge on any atom is -0.508 e. The van der Waals surface area contributed by atoms with E-state index in [9.17, 15) is 5.11 Å². The molecule has 1 aromatic carbocycles. The van der Waals surface area contributed by atoms with Gasteiger partial charge in [-0.25, -0.2) is 0 Å². The molecular formula is C25H44O. The number of hydrogen-bond acceptors (Lipinski definition) is 1. The number of aryl methyl sites for hydroxylation is 1. The Kier molecular flexibility index (Phi) is 13.4. The summed E-state index contributed by atoms with van der Waals surface area (Å²) >= 11 is 0. The monoisotopic (exact) mass is 360 g/mol. The van der Waals surface area contributed by atoms with Gasteiger partial charge in [0.1, 0.15) is 5.75 Å². The van der Waals surface area contributed by atoms with Gasteiger partial charge in [-0.1, -0.05) is 97.0 Å². The predicted octanol–water partition coefficient (Wildman–Crippen LogP) is 8.29. The lowest BCUT2D eigenvalue weighted by Crippen LogP contribution is -1.99. The lowest BCUT2D eigenvalue weighted by atomic mass is 9.92. The molecule has 0 saturated carbocycles. The zero-order valence-corrected chi connectivity index (χ0v) is 17.9. The van der Waals surface area contributed by atoms with Gasteiger partial charge in [-0.05, 0) is 55.4 Å². The van der Waals surface area contributed by atoms with Crippen LogP contribution < -0.4 is 0 Å². The van der Waals surface area contributed by atoms with Crippen LogP contribution in [-0.2, 0) is 12.8 Å². The van der Waals surface area contributed by atoms with Gasteiger partial charge >= 0.3 is 0 Å². The van der Waals surface area contributed by atoms with Crippen molar-refractivity contribution in [2.75, 3.05) is 0 Å². The van der Waals surface area contributed by atoms with E-state index in [0.29, 0.717) is 5.75 Å². The number of aromatic hydroxyl groups is 1. The summed E-state index contributed by atoms with van der Waals surface area (Å²) < 4.78 is 0. The molecule has 1 heteroatoms. The third-order valence-corrected chi connectivity index (χ3v) is 5.75. The first-order valence-corrected chi connectivity index (χ1v) is 11.5. The van der Waals surface area contributed by atoms with Crippen LogP contribution in [0.5, 0.6) is 5.75 Å². The van der Waals surface area contributed by atoms with Gasteiger partial charge in [0, 0.05) is 0 Å². The summed E-state index contributed by atoms with van der Waals surface area (Å²) in [6.45, 7) is 6.65. The highest BCUT2D eigenvalue weighted by molar-refractivity contribution is 5.43. The van der Waals surface area contributed by atoms with Gasteiger partial charge in [-0.3, -0.25) is 0 Å². The summed E-state index contributed by atoms with van der Waals surface area (Å²) in [6, 6.07) is 4.08. The van der Waals surface area contributed by atoms with E-state index in [0.717, 1.165) is 12.0 Å². The Morgan fingerprint density at radius 2 is 1.08 bits per heavy atom. The van der Waals surface area contributed by atoms with Crippen LogP contribution in [0.15, 0.2) is 12.1 Å². The molecule has 0 unspecified atom stereocenters. The Morgan fingerprint density at radius 3 is 1.62 bits per heavy atom. The summed E-state index contributed by atoms with van der Waals surface area (Å²) in [5.74, 6) is 0.478. The molecule has 0 aliphatic rings. The van der Waals surface area contributed by atoms with Gasteiger partial charge in [0.25, 0.3) is 0 Å². The van der Waals surface area contributed by atoms with E-state index < -0.39 is 0 Å². The van der Waals surface area contributed by atoms with Crippen molar-refractivity contribution in [1.29, 1.82) is 0 Å². The SMILES string of the molecule is CCCCCCCCCc1ccc(O)c(C)c1CCCCCCCCC. The van der Waals surface area contributed by atoms with Crippen LogP contribution in [0.1, 0.15) is 120 Å². The maximum atomic E-state index is 10.1. The number of phenols is 1. The molecule has 0 spiro atoms. The second-order valence-electron chi connectivity index (χ2n) is 8.09. The van der Waals surface area contributed by atoms with Gasteiger partial charge in [0.2, 0.25) is 0 Å². The Morgan fingerprint density at radius 1 is 0.615 bits per heavy atom. The fourth-order valence-corrected chi connectivity index (χ4v) is 3.91. The van der Waals surface area contributed by atoms with Crippen LogP contribution in [0, 0.1) is 6.92 Å². The molecule has 0 saturated heterocycles. The number of unbranched alkanes of at least 4 members (excludes halogenated alkanes) is 12. The molecule has 0 fully saturated rings. The minimum atomic E-state index is 0.478. The van der Waals surface area contributed by atoms with E-state index in [1.165, 1.54) is 107 Å². The van der Waals surface area contributed by atoms with Crippen LogP contribution >= 0.6 is 0 Å². The second kappa shape index (κ2) is 15.1. The van der Waals surface area contributed by atoms with E-state index in [1.54, 1.807) is 0 Å². The summed E-state index contributed by atoms with van der Waals surface area (Å²) in [7, 11) is 0. The summed E-state index contributed by atoms with van der Waals surface area (Å²) in [5.41, 5.74) is 4.04. The van der Waals surface area contributed by atoms with E-state index in [4.69, 9.17) is 0 Å². The molecule has 0 amide bonds. The van der Waals surface area contributed by atoms with Gasteiger partial charge < -0.3 is 5.11 Å². The lowest BCUT2D eigenvalue weighted by molar-refractivity contribution is 0.469. The molecule has 0 aliphatic carbocycles. The number of rotatable bonds is 16. The van der Waals surface area contributed by atoms with Crippen molar-refractivity contribution in [2.24, 2.45) is 0 Å². The van der Waals surface area contributed by atoms with Crippen LogP contribution in [-0.4, -0.2) is 5.11 Å². The maximum Gasteiger partial charge on any atom is 0.118 e. The Bertz CT molecular complexity index is 463. The predicted molar refractivity (Wildman–Crippen MR) is 116 cm³/mol. The van der Waals surface area contributed by atoms with Crippen molar-refractivity contribution < 1.29 is 5.11 Å². The highest BCUT2D eigenvalue weighted by Crippen LogP contribution is 2.27. The smallest absolute Gasteiger partial charge is 0.118 e. The van der Waals surface area contributed by atoms with Crippen LogP contribution in [0.25, 0.3) is 0 Å². The van der Waals surface area contributed by atoms with Gasteiger partial charge in [0.05, 0.1) is 0 Å². The zero-order chi connectivity index (χ0) is 19.0. The largest absolute Gasteiger partial charge is 0.508 e. The third kappa shape index (κ3) is 9.64. The van der Waals surface area contributed by atoms with Gasteiger partial charge in [0.15, 0.2) is 0 Å². The summed E-state index contributed by atoms with van der Waals surface area (Å²) in [6.07, 6.45) is 21.3. The maximum absolute atomic E-state index is 10.1. The Labute approximate surface area is 163 Å². The van der Waals surface area contributed by atoms with Crippen LogP contribution in [0.3, 0.4) is 0 Å². The molecule has 150 valence electrons. The highest BCUT2D eigenvalue weighted by Gasteiger charge is 2.09. The molecule has 1 nitrogen and oxygen atoms in total. The van der Waals surface area contributed by atoms with E-state index >= 15 is 0 Å². The van der Waals surface area contributed by atoms with Gasteiger partial charge in [-0.15, -0.1) is 0 Å². The highest BCUT2D eigenvalue weighted by atomic mass is 16.3. The first kappa shape index (κ1) is 23.1. The average molecular weight is 361 g/mol. The topological polar surface area (TPSA) is 20.2 Å². The molecule has 0 aromatic heterocycles. The quantitative estimate of drug-likeness (QED) is 0.294. The average Bonchev–Trinajstić information content (AvgIpc) is 2.64. The van der Waals surface area contributed by atoms with Crippen molar-refractivity contribution in [3.63, 3.8) is 0 Å². The minimum absolute atomic E-state index is 0.478. The second-order valence-corrected chi connectivity index (χ2v) is 8.09. The standard InChI is InChI=1S/C25H44O/c1-4-6-8-10-12-14-16-18-23-20-21-25(26)22(3)24(23)19-17-15-13-11-9-7-5-2/h20-21,26H,4-19H2,1-3H3. The van der Waals surface area contributed by atoms with E-state index in [1.807, 2.05) is 6.07 Å². The Hall–Kier alpha value is -0.980. The van der Waals surface area contributed by atoms with Gasteiger partial charge in [-0.2, -0.15) is 0 Å². The lowest BCUT2D eigenvalue weighted by Gasteiger charge is -2.14. The van der Waals surface area contributed by atoms with Crippen LogP contribution in [0.4, 0.5) is 0 Å². The van der Waals surface area contributed by atoms with Crippen molar-refractivity contribution in [3.8, 4) is 5.75 Å². The summed E-state index contributed by atoms with van der Waals surface area (Å²) in [5, 5.41) is 10.1. The molecule has 1 rings (SSSR count). The van der Waals surface area contributed by atoms with Crippen LogP contribution in [0.2, 0.25) is 0 Å². The fraction of sp³-hybridized carbons (Fsp3) is 0.760. The first-order valence-electron chi connectivity index (χ1n) is 11.5.